The second kappa shape index (κ2) is 4.61. The van der Waals surface area contributed by atoms with Crippen LogP contribution >= 0.6 is 11.3 Å². The van der Waals surface area contributed by atoms with E-state index in [0.717, 1.165) is 29.1 Å². The lowest BCUT2D eigenvalue weighted by Crippen LogP contribution is -2.51. The Labute approximate surface area is 114 Å². The minimum atomic E-state index is 0.179. The molecule has 0 bridgehead atoms. The number of anilines is 2. The van der Waals surface area contributed by atoms with Gasteiger partial charge in [-0.2, -0.15) is 4.98 Å². The zero-order valence-corrected chi connectivity index (χ0v) is 11.3. The molecule has 19 heavy (non-hydrogen) atoms. The maximum absolute atomic E-state index is 10.8. The molecule has 2 aromatic heterocycles. The SMILES string of the molecule is C[C@H]1CN(C=O)CCN1c1nc(N)nc2scnc12. The molecule has 0 radical (unpaired) electrons. The predicted molar refractivity (Wildman–Crippen MR) is 74.1 cm³/mol. The van der Waals surface area contributed by atoms with E-state index in [0.29, 0.717) is 13.1 Å². The molecule has 0 aromatic carbocycles. The summed E-state index contributed by atoms with van der Waals surface area (Å²) in [5.74, 6) is 1.03. The molecule has 1 atom stereocenters. The van der Waals surface area contributed by atoms with Gasteiger partial charge in [-0.05, 0) is 6.92 Å². The summed E-state index contributed by atoms with van der Waals surface area (Å²) < 4.78 is 0. The van der Waals surface area contributed by atoms with E-state index in [1.54, 1.807) is 10.4 Å². The molecule has 1 saturated heterocycles. The summed E-state index contributed by atoms with van der Waals surface area (Å²) in [5, 5.41) is 0. The quantitative estimate of drug-likeness (QED) is 0.797. The molecule has 1 aliphatic rings. The summed E-state index contributed by atoms with van der Waals surface area (Å²) in [6, 6.07) is 0.179. The van der Waals surface area contributed by atoms with Crippen molar-refractivity contribution in [2.75, 3.05) is 30.3 Å². The second-order valence-corrected chi connectivity index (χ2v) is 5.39. The summed E-state index contributed by atoms with van der Waals surface area (Å²) in [6.45, 7) is 4.15. The highest BCUT2D eigenvalue weighted by Crippen LogP contribution is 2.28. The zero-order chi connectivity index (χ0) is 13.4. The standard InChI is InChI=1S/C11H14N6OS/c1-7-4-16(6-18)2-3-17(7)9-8-10(19-5-13-8)15-11(12)14-9/h5-7H,2-4H2,1H3,(H2,12,14,15)/t7-/m0/s1. The van der Waals surface area contributed by atoms with Gasteiger partial charge in [-0.15, -0.1) is 11.3 Å². The average molecular weight is 278 g/mol. The van der Waals surface area contributed by atoms with E-state index in [2.05, 4.69) is 26.8 Å². The number of thiazole rings is 1. The van der Waals surface area contributed by atoms with Crippen molar-refractivity contribution in [1.29, 1.82) is 0 Å². The van der Waals surface area contributed by atoms with Crippen LogP contribution in [0.2, 0.25) is 0 Å². The Balaban J connectivity index is 2.00. The van der Waals surface area contributed by atoms with E-state index in [1.807, 2.05) is 0 Å². The number of nitrogens with zero attached hydrogens (tertiary/aromatic N) is 5. The third-order valence-corrected chi connectivity index (χ3v) is 4.00. The molecule has 8 heteroatoms. The molecular formula is C11H14N6OS. The molecule has 1 aliphatic heterocycles. The van der Waals surface area contributed by atoms with Gasteiger partial charge in [-0.3, -0.25) is 4.79 Å². The number of hydrogen-bond donors (Lipinski definition) is 1. The van der Waals surface area contributed by atoms with Gasteiger partial charge in [-0.1, -0.05) is 0 Å². The summed E-state index contributed by atoms with van der Waals surface area (Å²) in [4.78, 5) is 28.4. The van der Waals surface area contributed by atoms with Gasteiger partial charge in [0.1, 0.15) is 5.52 Å². The molecule has 1 fully saturated rings. The Morgan fingerprint density at radius 1 is 1.47 bits per heavy atom. The van der Waals surface area contributed by atoms with Crippen molar-refractivity contribution in [3.63, 3.8) is 0 Å². The van der Waals surface area contributed by atoms with Crippen LogP contribution < -0.4 is 10.6 Å². The number of hydrogen-bond acceptors (Lipinski definition) is 7. The molecule has 7 nitrogen and oxygen atoms in total. The number of nitrogen functional groups attached to an aromatic ring is 1. The molecule has 0 aliphatic carbocycles. The fraction of sp³-hybridized carbons (Fsp3) is 0.455. The molecule has 100 valence electrons. The first-order valence-corrected chi connectivity index (χ1v) is 6.89. The van der Waals surface area contributed by atoms with Gasteiger partial charge in [0.25, 0.3) is 0 Å². The van der Waals surface area contributed by atoms with Gasteiger partial charge in [-0.25, -0.2) is 9.97 Å². The average Bonchev–Trinajstić information content (AvgIpc) is 2.85. The van der Waals surface area contributed by atoms with Crippen LogP contribution in [0.25, 0.3) is 10.3 Å². The number of carbonyl (C=O) groups is 1. The van der Waals surface area contributed by atoms with Crippen LogP contribution in [0.15, 0.2) is 5.51 Å². The fourth-order valence-electron chi connectivity index (χ4n) is 2.36. The normalized spacial score (nSPS) is 19.9. The highest BCUT2D eigenvalue weighted by molar-refractivity contribution is 7.16. The molecule has 3 rings (SSSR count). The number of rotatable bonds is 2. The summed E-state index contributed by atoms with van der Waals surface area (Å²) in [6.07, 6.45) is 0.889. The summed E-state index contributed by atoms with van der Waals surface area (Å²) in [7, 11) is 0. The molecule has 2 N–H and O–H groups in total. The third-order valence-electron chi connectivity index (χ3n) is 3.28. The van der Waals surface area contributed by atoms with Gasteiger partial charge in [0, 0.05) is 25.7 Å². The second-order valence-electron chi connectivity index (χ2n) is 4.55. The van der Waals surface area contributed by atoms with E-state index in [-0.39, 0.29) is 12.0 Å². The van der Waals surface area contributed by atoms with Crippen LogP contribution in [-0.2, 0) is 4.79 Å². The highest BCUT2D eigenvalue weighted by atomic mass is 32.1. The van der Waals surface area contributed by atoms with Crippen LogP contribution in [0.1, 0.15) is 6.92 Å². The first-order valence-electron chi connectivity index (χ1n) is 6.01. The largest absolute Gasteiger partial charge is 0.368 e. The van der Waals surface area contributed by atoms with Crippen molar-refractivity contribution in [1.82, 2.24) is 19.9 Å². The van der Waals surface area contributed by atoms with Gasteiger partial charge in [0.2, 0.25) is 12.4 Å². The van der Waals surface area contributed by atoms with Gasteiger partial charge >= 0.3 is 0 Å². The Morgan fingerprint density at radius 3 is 3.05 bits per heavy atom. The number of amides is 1. The molecule has 0 spiro atoms. The number of fused-ring (bicyclic) bond motifs is 1. The molecular weight excluding hydrogens is 264 g/mol. The van der Waals surface area contributed by atoms with E-state index in [4.69, 9.17) is 5.73 Å². The lowest BCUT2D eigenvalue weighted by Gasteiger charge is -2.38. The first kappa shape index (κ1) is 12.1. The zero-order valence-electron chi connectivity index (χ0n) is 10.5. The minimum Gasteiger partial charge on any atom is -0.368 e. The third kappa shape index (κ3) is 2.07. The van der Waals surface area contributed by atoms with Crippen LogP contribution in [0.3, 0.4) is 0 Å². The molecule has 2 aromatic rings. The van der Waals surface area contributed by atoms with E-state index in [9.17, 15) is 4.79 Å². The predicted octanol–water partition coefficient (Wildman–Crippen LogP) is 0.335. The minimum absolute atomic E-state index is 0.179. The van der Waals surface area contributed by atoms with Crippen molar-refractivity contribution in [3.05, 3.63) is 5.51 Å². The van der Waals surface area contributed by atoms with Crippen LogP contribution in [0.5, 0.6) is 0 Å². The topological polar surface area (TPSA) is 88.2 Å². The van der Waals surface area contributed by atoms with E-state index < -0.39 is 0 Å². The number of carbonyl (C=O) groups excluding carboxylic acids is 1. The van der Waals surface area contributed by atoms with Gasteiger partial charge in [0.15, 0.2) is 10.6 Å². The van der Waals surface area contributed by atoms with Crippen molar-refractivity contribution < 1.29 is 4.79 Å². The number of aromatic nitrogens is 3. The fourth-order valence-corrected chi connectivity index (χ4v) is 3.02. The summed E-state index contributed by atoms with van der Waals surface area (Å²) in [5.41, 5.74) is 8.28. The maximum atomic E-state index is 10.8. The van der Waals surface area contributed by atoms with Crippen LogP contribution in [0, 0.1) is 0 Å². The highest BCUT2D eigenvalue weighted by Gasteiger charge is 2.26. The van der Waals surface area contributed by atoms with E-state index >= 15 is 0 Å². The van der Waals surface area contributed by atoms with Crippen molar-refractivity contribution in [3.8, 4) is 0 Å². The monoisotopic (exact) mass is 278 g/mol. The maximum Gasteiger partial charge on any atom is 0.223 e. The Morgan fingerprint density at radius 2 is 2.32 bits per heavy atom. The number of piperazine rings is 1. The van der Waals surface area contributed by atoms with Gasteiger partial charge < -0.3 is 15.5 Å². The lowest BCUT2D eigenvalue weighted by molar-refractivity contribution is -0.118. The molecule has 0 unspecified atom stereocenters. The lowest BCUT2D eigenvalue weighted by atomic mass is 10.2. The van der Waals surface area contributed by atoms with Crippen LogP contribution in [0.4, 0.5) is 11.8 Å². The van der Waals surface area contributed by atoms with E-state index in [1.165, 1.54) is 11.3 Å². The molecule has 3 heterocycles. The number of nitrogens with two attached hydrogens (primary N) is 1. The van der Waals surface area contributed by atoms with Crippen LogP contribution in [-0.4, -0.2) is 51.9 Å². The molecule has 1 amide bonds. The Bertz CT molecular complexity index is 614. The summed E-state index contributed by atoms with van der Waals surface area (Å²) >= 11 is 1.45. The smallest absolute Gasteiger partial charge is 0.223 e. The van der Waals surface area contributed by atoms with Crippen molar-refractivity contribution in [2.45, 2.75) is 13.0 Å². The van der Waals surface area contributed by atoms with Crippen molar-refractivity contribution >= 4 is 39.9 Å². The van der Waals surface area contributed by atoms with Crippen molar-refractivity contribution in [2.24, 2.45) is 0 Å². The van der Waals surface area contributed by atoms with Gasteiger partial charge in [0.05, 0.1) is 5.51 Å². The molecule has 0 saturated carbocycles. The Hall–Kier alpha value is -1.96. The Kier molecular flexibility index (Phi) is 2.94. The first-order chi connectivity index (χ1) is 9.19.